The molecule has 3 aromatic carbocycles. The Kier molecular flexibility index (Phi) is 6.97. The molecule has 9 heteroatoms. The average Bonchev–Trinajstić information content (AvgIpc) is 3.63. The first kappa shape index (κ1) is 24.7. The first-order chi connectivity index (χ1) is 19.1. The minimum Gasteiger partial charge on any atom is -0.454 e. The van der Waals surface area contributed by atoms with Crippen molar-refractivity contribution in [2.24, 2.45) is 0 Å². The highest BCUT2D eigenvalue weighted by molar-refractivity contribution is 7.98. The zero-order chi connectivity index (χ0) is 26.6. The number of thioether (sulfide) groups is 1. The number of hydrogen-bond acceptors (Lipinski definition) is 7. The molecule has 5 aromatic rings. The lowest BCUT2D eigenvalue weighted by molar-refractivity contribution is 0.0951. The molecule has 0 saturated carbocycles. The monoisotopic (exact) mass is 535 g/mol. The van der Waals surface area contributed by atoms with Gasteiger partial charge in [0.15, 0.2) is 22.5 Å². The number of hydrogen-bond donors (Lipinski definition) is 1. The van der Waals surface area contributed by atoms with Gasteiger partial charge in [-0.25, -0.2) is 0 Å². The molecule has 0 atom stereocenters. The van der Waals surface area contributed by atoms with Gasteiger partial charge in [0.2, 0.25) is 6.79 Å². The lowest BCUT2D eigenvalue weighted by atomic mass is 10.1. The van der Waals surface area contributed by atoms with Crippen LogP contribution in [0.5, 0.6) is 11.5 Å². The largest absolute Gasteiger partial charge is 0.454 e. The van der Waals surface area contributed by atoms with E-state index in [0.717, 1.165) is 39.1 Å². The zero-order valence-electron chi connectivity index (χ0n) is 21.2. The number of benzene rings is 3. The van der Waals surface area contributed by atoms with Crippen molar-refractivity contribution in [1.29, 1.82) is 0 Å². The second-order valence-corrected chi connectivity index (χ2v) is 10.0. The quantitative estimate of drug-likeness (QED) is 0.259. The summed E-state index contributed by atoms with van der Waals surface area (Å²) in [4.78, 5) is 17.0. The third-order valence-corrected chi connectivity index (χ3v) is 7.32. The van der Waals surface area contributed by atoms with Crippen LogP contribution in [0.1, 0.15) is 27.0 Å². The van der Waals surface area contributed by atoms with Gasteiger partial charge in [0.25, 0.3) is 5.91 Å². The first-order valence-electron chi connectivity index (χ1n) is 12.5. The van der Waals surface area contributed by atoms with E-state index in [1.165, 1.54) is 5.56 Å². The van der Waals surface area contributed by atoms with Gasteiger partial charge in [-0.2, -0.15) is 0 Å². The fourth-order valence-corrected chi connectivity index (χ4v) is 5.12. The number of aryl methyl sites for hydroxylation is 1. The molecule has 2 aromatic heterocycles. The average molecular weight is 536 g/mol. The third-order valence-electron chi connectivity index (χ3n) is 6.32. The summed E-state index contributed by atoms with van der Waals surface area (Å²) in [5.74, 6) is 2.71. The normalized spacial score (nSPS) is 11.9. The Balaban J connectivity index is 1.13. The van der Waals surface area contributed by atoms with E-state index in [-0.39, 0.29) is 12.7 Å². The summed E-state index contributed by atoms with van der Waals surface area (Å²) in [6, 6.07) is 25.5. The molecule has 6 rings (SSSR count). The second-order valence-electron chi connectivity index (χ2n) is 9.07. The number of rotatable bonds is 8. The molecule has 0 bridgehead atoms. The van der Waals surface area contributed by atoms with Crippen molar-refractivity contribution in [2.45, 2.75) is 24.4 Å². The maximum Gasteiger partial charge on any atom is 0.251 e. The zero-order valence-corrected chi connectivity index (χ0v) is 22.0. The third kappa shape index (κ3) is 5.49. The summed E-state index contributed by atoms with van der Waals surface area (Å²) in [5, 5.41) is 12.7. The van der Waals surface area contributed by atoms with E-state index in [0.29, 0.717) is 23.6 Å². The Labute approximate surface area is 230 Å². The van der Waals surface area contributed by atoms with Crippen LogP contribution < -0.4 is 14.8 Å². The number of carbonyl (C=O) groups excluding carboxylic acids is 1. The summed E-state index contributed by atoms with van der Waals surface area (Å²) < 4.78 is 12.8. The molecule has 1 aliphatic heterocycles. The van der Waals surface area contributed by atoms with Crippen molar-refractivity contribution >= 4 is 17.7 Å². The van der Waals surface area contributed by atoms with Crippen molar-refractivity contribution in [2.75, 3.05) is 6.79 Å². The van der Waals surface area contributed by atoms with Crippen molar-refractivity contribution in [1.82, 2.24) is 25.1 Å². The van der Waals surface area contributed by atoms with Gasteiger partial charge in [0.1, 0.15) is 0 Å². The Bertz CT molecular complexity index is 1600. The van der Waals surface area contributed by atoms with Crippen LogP contribution in [0.15, 0.2) is 96.4 Å². The molecular weight excluding hydrogens is 510 g/mol. The Morgan fingerprint density at radius 1 is 0.949 bits per heavy atom. The molecule has 1 N–H and O–H groups in total. The summed E-state index contributed by atoms with van der Waals surface area (Å²) in [7, 11) is 0. The van der Waals surface area contributed by atoms with Crippen LogP contribution in [-0.4, -0.2) is 32.4 Å². The van der Waals surface area contributed by atoms with Gasteiger partial charge in [0, 0.05) is 41.5 Å². The van der Waals surface area contributed by atoms with E-state index >= 15 is 0 Å². The van der Waals surface area contributed by atoms with E-state index in [1.807, 2.05) is 54.6 Å². The fourth-order valence-electron chi connectivity index (χ4n) is 4.21. The van der Waals surface area contributed by atoms with Gasteiger partial charge < -0.3 is 14.8 Å². The van der Waals surface area contributed by atoms with E-state index in [9.17, 15) is 4.79 Å². The number of carbonyl (C=O) groups is 1. The van der Waals surface area contributed by atoms with Gasteiger partial charge in [-0.1, -0.05) is 47.7 Å². The predicted octanol–water partition coefficient (Wildman–Crippen LogP) is 5.59. The summed E-state index contributed by atoms with van der Waals surface area (Å²) in [5.41, 5.74) is 5.70. The van der Waals surface area contributed by atoms with Crippen LogP contribution in [0.25, 0.3) is 17.1 Å². The number of pyridine rings is 1. The number of amides is 1. The molecule has 0 fully saturated rings. The smallest absolute Gasteiger partial charge is 0.251 e. The molecule has 39 heavy (non-hydrogen) atoms. The van der Waals surface area contributed by atoms with Crippen LogP contribution in [-0.2, 0) is 12.3 Å². The molecule has 0 spiro atoms. The molecule has 8 nitrogen and oxygen atoms in total. The summed E-state index contributed by atoms with van der Waals surface area (Å²) >= 11 is 1.59. The molecule has 0 radical (unpaired) electrons. The number of nitrogens with one attached hydrogen (secondary N) is 1. The molecule has 1 amide bonds. The van der Waals surface area contributed by atoms with Crippen molar-refractivity contribution in [3.8, 4) is 28.6 Å². The van der Waals surface area contributed by atoms with Gasteiger partial charge in [-0.05, 0) is 66.6 Å². The molecule has 0 unspecified atom stereocenters. The highest BCUT2D eigenvalue weighted by Crippen LogP contribution is 2.32. The molecule has 0 aliphatic carbocycles. The maximum absolute atomic E-state index is 12.7. The maximum atomic E-state index is 12.7. The highest BCUT2D eigenvalue weighted by Gasteiger charge is 2.17. The van der Waals surface area contributed by atoms with Crippen molar-refractivity contribution in [3.63, 3.8) is 0 Å². The topological polar surface area (TPSA) is 91.2 Å². The first-order valence-corrected chi connectivity index (χ1v) is 13.4. The molecular formula is C30H25N5O3S. The summed E-state index contributed by atoms with van der Waals surface area (Å²) in [6.45, 7) is 2.70. The van der Waals surface area contributed by atoms with E-state index in [4.69, 9.17) is 9.47 Å². The molecule has 0 saturated heterocycles. The lowest BCUT2D eigenvalue weighted by Crippen LogP contribution is -2.22. The van der Waals surface area contributed by atoms with Gasteiger partial charge in [0.05, 0.1) is 0 Å². The SMILES string of the molecule is Cc1ccc(-n2c(SCc3ccc(C(=O)NCc4ccc5c(c4)OCO5)cc3)nnc2-c2cccnc2)cc1. The number of nitrogens with zero attached hydrogens (tertiary/aromatic N) is 4. The predicted molar refractivity (Wildman–Crippen MR) is 149 cm³/mol. The minimum absolute atomic E-state index is 0.132. The second kappa shape index (κ2) is 11.0. The standard InChI is InChI=1S/C30H25N5O3S/c1-20-4-11-25(12-5-20)35-28(24-3-2-14-31-17-24)33-34-30(35)39-18-21-6-9-23(10-7-21)29(36)32-16-22-8-13-26-27(15-22)38-19-37-26/h2-15,17H,16,18-19H2,1H3,(H,32,36). The Morgan fingerprint density at radius 3 is 2.54 bits per heavy atom. The lowest BCUT2D eigenvalue weighted by Gasteiger charge is -2.11. The van der Waals surface area contributed by atoms with Crippen LogP contribution in [0.3, 0.4) is 0 Å². The Morgan fingerprint density at radius 2 is 1.74 bits per heavy atom. The van der Waals surface area contributed by atoms with Gasteiger partial charge >= 0.3 is 0 Å². The van der Waals surface area contributed by atoms with Crippen LogP contribution in [0, 0.1) is 6.92 Å². The van der Waals surface area contributed by atoms with E-state index in [1.54, 1.807) is 24.2 Å². The van der Waals surface area contributed by atoms with E-state index in [2.05, 4.69) is 56.3 Å². The number of ether oxygens (including phenoxy) is 2. The van der Waals surface area contributed by atoms with E-state index < -0.39 is 0 Å². The van der Waals surface area contributed by atoms with Crippen LogP contribution >= 0.6 is 11.8 Å². The van der Waals surface area contributed by atoms with Crippen molar-refractivity contribution < 1.29 is 14.3 Å². The number of fused-ring (bicyclic) bond motifs is 1. The van der Waals surface area contributed by atoms with Crippen LogP contribution in [0.4, 0.5) is 0 Å². The molecule has 194 valence electrons. The molecule has 1 aliphatic rings. The number of aromatic nitrogens is 4. The van der Waals surface area contributed by atoms with Gasteiger partial charge in [-0.3, -0.25) is 14.3 Å². The van der Waals surface area contributed by atoms with Gasteiger partial charge in [-0.15, -0.1) is 10.2 Å². The highest BCUT2D eigenvalue weighted by atomic mass is 32.2. The van der Waals surface area contributed by atoms with Crippen molar-refractivity contribution in [3.05, 3.63) is 114 Å². The molecule has 3 heterocycles. The summed E-state index contributed by atoms with van der Waals surface area (Å²) in [6.07, 6.45) is 3.53. The van der Waals surface area contributed by atoms with Crippen LogP contribution in [0.2, 0.25) is 0 Å². The minimum atomic E-state index is -0.132. The fraction of sp³-hybridized carbons (Fsp3) is 0.133. The Hall–Kier alpha value is -4.63.